The van der Waals surface area contributed by atoms with Crippen LogP contribution in [0.15, 0.2) is 54.6 Å². The molecule has 1 amide bonds. The van der Waals surface area contributed by atoms with Gasteiger partial charge in [-0.25, -0.2) is 0 Å². The Labute approximate surface area is 126 Å². The van der Waals surface area contributed by atoms with Crippen LogP contribution in [0.5, 0.6) is 0 Å². The van der Waals surface area contributed by atoms with Gasteiger partial charge in [-0.1, -0.05) is 35.9 Å². The van der Waals surface area contributed by atoms with Gasteiger partial charge in [-0.3, -0.25) is 4.79 Å². The van der Waals surface area contributed by atoms with Gasteiger partial charge in [0.05, 0.1) is 6.54 Å². The van der Waals surface area contributed by atoms with Crippen molar-refractivity contribution >= 4 is 17.3 Å². The number of nitrogens with zero attached hydrogens (tertiary/aromatic N) is 1. The third-order valence-corrected chi connectivity index (χ3v) is 3.31. The first kappa shape index (κ1) is 15.1. The Morgan fingerprint density at radius 3 is 2.24 bits per heavy atom. The van der Waals surface area contributed by atoms with Crippen molar-refractivity contribution < 1.29 is 4.79 Å². The predicted octanol–water partition coefficient (Wildman–Crippen LogP) is 3.85. The third-order valence-electron chi connectivity index (χ3n) is 3.31. The van der Waals surface area contributed by atoms with Crippen LogP contribution in [0.1, 0.15) is 19.4 Å². The van der Waals surface area contributed by atoms with Crippen molar-refractivity contribution in [1.29, 1.82) is 0 Å². The lowest BCUT2D eigenvalue weighted by molar-refractivity contribution is -0.117. The topological polar surface area (TPSA) is 32.3 Å². The summed E-state index contributed by atoms with van der Waals surface area (Å²) in [6.45, 7) is 6.38. The number of rotatable bonds is 5. The molecule has 0 saturated carbocycles. The van der Waals surface area contributed by atoms with E-state index in [4.69, 9.17) is 0 Å². The Kier molecular flexibility index (Phi) is 4.99. The van der Waals surface area contributed by atoms with Crippen molar-refractivity contribution in [1.82, 2.24) is 0 Å². The van der Waals surface area contributed by atoms with E-state index in [1.807, 2.05) is 80.3 Å². The molecular weight excluding hydrogens is 260 g/mol. The van der Waals surface area contributed by atoms with Gasteiger partial charge in [-0.2, -0.15) is 0 Å². The Morgan fingerprint density at radius 2 is 1.67 bits per heavy atom. The quantitative estimate of drug-likeness (QED) is 0.903. The van der Waals surface area contributed by atoms with E-state index in [1.54, 1.807) is 0 Å². The molecular formula is C18H22N2O. The molecule has 0 atom stereocenters. The van der Waals surface area contributed by atoms with Crippen molar-refractivity contribution in [2.75, 3.05) is 16.8 Å². The molecule has 0 spiro atoms. The van der Waals surface area contributed by atoms with Crippen molar-refractivity contribution in [3.05, 3.63) is 60.2 Å². The summed E-state index contributed by atoms with van der Waals surface area (Å²) in [5.41, 5.74) is 3.11. The SMILES string of the molecule is Cc1ccc(NCC(=O)N(c2ccccc2)C(C)C)cc1. The molecule has 2 aromatic carbocycles. The second kappa shape index (κ2) is 6.93. The lowest BCUT2D eigenvalue weighted by Gasteiger charge is -2.27. The molecule has 0 aliphatic heterocycles. The zero-order valence-electron chi connectivity index (χ0n) is 12.8. The van der Waals surface area contributed by atoms with Gasteiger partial charge in [0.2, 0.25) is 5.91 Å². The van der Waals surface area contributed by atoms with Gasteiger partial charge < -0.3 is 10.2 Å². The van der Waals surface area contributed by atoms with E-state index in [0.29, 0.717) is 0 Å². The highest BCUT2D eigenvalue weighted by Gasteiger charge is 2.18. The van der Waals surface area contributed by atoms with Crippen LogP contribution in [-0.2, 0) is 4.79 Å². The second-order valence-electron chi connectivity index (χ2n) is 5.41. The fourth-order valence-corrected chi connectivity index (χ4v) is 2.25. The highest BCUT2D eigenvalue weighted by atomic mass is 16.2. The molecule has 3 heteroatoms. The van der Waals surface area contributed by atoms with E-state index in [-0.39, 0.29) is 18.5 Å². The van der Waals surface area contributed by atoms with E-state index in [1.165, 1.54) is 5.56 Å². The largest absolute Gasteiger partial charge is 0.376 e. The maximum Gasteiger partial charge on any atom is 0.246 e. The number of hydrogen-bond donors (Lipinski definition) is 1. The number of hydrogen-bond acceptors (Lipinski definition) is 2. The van der Waals surface area contributed by atoms with E-state index in [2.05, 4.69) is 5.32 Å². The summed E-state index contributed by atoms with van der Waals surface area (Å²) >= 11 is 0. The van der Waals surface area contributed by atoms with Crippen LogP contribution in [0.4, 0.5) is 11.4 Å². The Balaban J connectivity index is 2.04. The van der Waals surface area contributed by atoms with Gasteiger partial charge in [0.25, 0.3) is 0 Å². The van der Waals surface area contributed by atoms with E-state index >= 15 is 0 Å². The molecule has 2 rings (SSSR count). The Hall–Kier alpha value is -2.29. The van der Waals surface area contributed by atoms with Gasteiger partial charge in [0, 0.05) is 17.4 Å². The molecule has 2 aromatic rings. The molecule has 110 valence electrons. The van der Waals surface area contributed by atoms with E-state index in [9.17, 15) is 4.79 Å². The smallest absolute Gasteiger partial charge is 0.246 e. The summed E-state index contributed by atoms with van der Waals surface area (Å²) in [6.07, 6.45) is 0. The van der Waals surface area contributed by atoms with Crippen molar-refractivity contribution in [2.45, 2.75) is 26.8 Å². The number of anilines is 2. The lowest BCUT2D eigenvalue weighted by atomic mass is 10.2. The molecule has 0 aliphatic carbocycles. The number of aryl methyl sites for hydroxylation is 1. The molecule has 0 unspecified atom stereocenters. The van der Waals surface area contributed by atoms with Gasteiger partial charge in [-0.05, 0) is 45.0 Å². The molecule has 0 saturated heterocycles. The normalized spacial score (nSPS) is 10.5. The second-order valence-corrected chi connectivity index (χ2v) is 5.41. The average Bonchev–Trinajstić information content (AvgIpc) is 2.47. The maximum absolute atomic E-state index is 12.5. The summed E-state index contributed by atoms with van der Waals surface area (Å²) in [4.78, 5) is 14.3. The monoisotopic (exact) mass is 282 g/mol. The summed E-state index contributed by atoms with van der Waals surface area (Å²) in [6, 6.07) is 17.9. The van der Waals surface area contributed by atoms with E-state index in [0.717, 1.165) is 11.4 Å². The molecule has 0 radical (unpaired) electrons. The number of carbonyl (C=O) groups excluding carboxylic acids is 1. The molecule has 21 heavy (non-hydrogen) atoms. The third kappa shape index (κ3) is 4.09. The Morgan fingerprint density at radius 1 is 1.05 bits per heavy atom. The highest BCUT2D eigenvalue weighted by molar-refractivity contribution is 5.96. The number of amides is 1. The number of benzene rings is 2. The van der Waals surface area contributed by atoms with Crippen LogP contribution in [0.3, 0.4) is 0 Å². The standard InChI is InChI=1S/C18H22N2O/c1-14(2)20(17-7-5-4-6-8-17)18(21)13-19-16-11-9-15(3)10-12-16/h4-12,14,19H,13H2,1-3H3. The van der Waals surface area contributed by atoms with Gasteiger partial charge in [0.1, 0.15) is 0 Å². The fourth-order valence-electron chi connectivity index (χ4n) is 2.25. The molecule has 0 aliphatic rings. The number of carbonyl (C=O) groups is 1. The van der Waals surface area contributed by atoms with Crippen LogP contribution in [0, 0.1) is 6.92 Å². The number of nitrogens with one attached hydrogen (secondary N) is 1. The minimum absolute atomic E-state index is 0.0665. The van der Waals surface area contributed by atoms with Crippen LogP contribution >= 0.6 is 0 Å². The zero-order chi connectivity index (χ0) is 15.2. The summed E-state index contributed by atoms with van der Waals surface area (Å²) < 4.78 is 0. The van der Waals surface area contributed by atoms with Crippen LogP contribution in [0.25, 0.3) is 0 Å². The molecule has 3 nitrogen and oxygen atoms in total. The highest BCUT2D eigenvalue weighted by Crippen LogP contribution is 2.17. The average molecular weight is 282 g/mol. The molecule has 0 bridgehead atoms. The minimum Gasteiger partial charge on any atom is -0.376 e. The first-order chi connectivity index (χ1) is 10.1. The summed E-state index contributed by atoms with van der Waals surface area (Å²) in [7, 11) is 0. The fraction of sp³-hybridized carbons (Fsp3) is 0.278. The van der Waals surface area contributed by atoms with Gasteiger partial charge in [-0.15, -0.1) is 0 Å². The maximum atomic E-state index is 12.5. The van der Waals surface area contributed by atoms with E-state index < -0.39 is 0 Å². The van der Waals surface area contributed by atoms with Gasteiger partial charge >= 0.3 is 0 Å². The molecule has 0 heterocycles. The lowest BCUT2D eigenvalue weighted by Crippen LogP contribution is -2.40. The summed E-state index contributed by atoms with van der Waals surface area (Å²) in [5, 5.41) is 3.19. The minimum atomic E-state index is 0.0665. The number of para-hydroxylation sites is 1. The van der Waals surface area contributed by atoms with Crippen molar-refractivity contribution in [3.63, 3.8) is 0 Å². The molecule has 1 N–H and O–H groups in total. The predicted molar refractivity (Wildman–Crippen MR) is 88.7 cm³/mol. The first-order valence-corrected chi connectivity index (χ1v) is 7.25. The first-order valence-electron chi connectivity index (χ1n) is 7.25. The Bertz CT molecular complexity index is 576. The zero-order valence-corrected chi connectivity index (χ0v) is 12.8. The summed E-state index contributed by atoms with van der Waals surface area (Å²) in [5.74, 6) is 0.0665. The van der Waals surface area contributed by atoms with Crippen LogP contribution in [0.2, 0.25) is 0 Å². The molecule has 0 aromatic heterocycles. The van der Waals surface area contributed by atoms with Crippen molar-refractivity contribution in [3.8, 4) is 0 Å². The van der Waals surface area contributed by atoms with Crippen LogP contribution < -0.4 is 10.2 Å². The van der Waals surface area contributed by atoms with Gasteiger partial charge in [0.15, 0.2) is 0 Å². The van der Waals surface area contributed by atoms with Crippen molar-refractivity contribution in [2.24, 2.45) is 0 Å². The van der Waals surface area contributed by atoms with Crippen LogP contribution in [-0.4, -0.2) is 18.5 Å². The molecule has 0 fully saturated rings.